The van der Waals surface area contributed by atoms with E-state index in [2.05, 4.69) is 0 Å². The van der Waals surface area contributed by atoms with Crippen molar-refractivity contribution >= 4 is 11.8 Å². The second kappa shape index (κ2) is 4.80. The van der Waals surface area contributed by atoms with Gasteiger partial charge < -0.3 is 29.9 Å². The van der Waals surface area contributed by atoms with Gasteiger partial charge >= 0.3 is 5.97 Å². The number of rotatable bonds is 0. The third kappa shape index (κ3) is 1.58. The normalized spacial score (nSPS) is 59.8. The molecule has 0 aromatic carbocycles. The molecule has 10 unspecified atom stereocenters. The lowest BCUT2D eigenvalue weighted by atomic mass is 9.55. The number of ether oxygens (including phenoxy) is 2. The quantitative estimate of drug-likeness (QED) is 0.422. The zero-order chi connectivity index (χ0) is 20.6. The summed E-state index contributed by atoms with van der Waals surface area (Å²) in [5.41, 5.74) is -6.31. The number of fused-ring (bicyclic) bond motifs is 1. The molecule has 4 N–H and O–H groups in total. The summed E-state index contributed by atoms with van der Waals surface area (Å²) in [6, 6.07) is 0. The summed E-state index contributed by atoms with van der Waals surface area (Å²) < 4.78 is 12.2. The van der Waals surface area contributed by atoms with Crippen LogP contribution in [0.15, 0.2) is 11.3 Å². The number of allylic oxidation sites excluding steroid dienone is 1. The third-order valence-electron chi connectivity index (χ3n) is 8.30. The highest BCUT2D eigenvalue weighted by atomic mass is 16.6. The molecule has 0 aromatic rings. The molecule has 3 saturated heterocycles. The Morgan fingerprint density at radius 1 is 1.11 bits per heavy atom. The Hall–Kier alpha value is -1.48. The first-order chi connectivity index (χ1) is 12.8. The number of Topliss-reactive ketones (excluding diaryl/α,β-unsaturated/α-hetero) is 1. The Labute approximate surface area is 162 Å². The Morgan fingerprint density at radius 3 is 2.39 bits per heavy atom. The minimum Gasteiger partial charge on any atom is -0.511 e. The van der Waals surface area contributed by atoms with Crippen LogP contribution >= 0.6 is 0 Å². The summed E-state index contributed by atoms with van der Waals surface area (Å²) in [7, 11) is 0. The lowest BCUT2D eigenvalue weighted by Gasteiger charge is -2.63. The van der Waals surface area contributed by atoms with E-state index >= 15 is 0 Å². The van der Waals surface area contributed by atoms with Crippen LogP contribution in [0.3, 0.4) is 0 Å². The Bertz CT molecular complexity index is 847. The van der Waals surface area contributed by atoms with E-state index in [4.69, 9.17) is 9.47 Å². The van der Waals surface area contributed by atoms with E-state index in [0.717, 1.165) is 0 Å². The monoisotopic (exact) mass is 394 g/mol. The van der Waals surface area contributed by atoms with Gasteiger partial charge in [-0.2, -0.15) is 0 Å². The third-order valence-corrected chi connectivity index (χ3v) is 8.30. The van der Waals surface area contributed by atoms with Crippen molar-refractivity contribution in [1.29, 1.82) is 0 Å². The Balaban J connectivity index is 1.89. The molecule has 3 heterocycles. The molecule has 8 heteroatoms. The lowest BCUT2D eigenvalue weighted by molar-refractivity contribution is -0.342. The van der Waals surface area contributed by atoms with Crippen molar-refractivity contribution in [3.05, 3.63) is 11.3 Å². The summed E-state index contributed by atoms with van der Waals surface area (Å²) in [4.78, 5) is 26.4. The second-order valence-corrected chi connectivity index (χ2v) is 9.85. The zero-order valence-electron chi connectivity index (χ0n) is 16.3. The highest BCUT2D eigenvalue weighted by Gasteiger charge is 2.89. The molecule has 154 valence electrons. The van der Waals surface area contributed by atoms with Crippen molar-refractivity contribution in [2.45, 2.75) is 75.1 Å². The van der Waals surface area contributed by atoms with E-state index < -0.39 is 64.1 Å². The van der Waals surface area contributed by atoms with Crippen molar-refractivity contribution < 1.29 is 39.5 Å². The molecule has 28 heavy (non-hydrogen) atoms. The van der Waals surface area contributed by atoms with Gasteiger partial charge in [-0.3, -0.25) is 4.79 Å². The second-order valence-electron chi connectivity index (χ2n) is 9.85. The maximum Gasteiger partial charge on any atom is 0.341 e. The maximum absolute atomic E-state index is 13.4. The Kier molecular flexibility index (Phi) is 3.18. The fraction of sp³-hybridized carbons (Fsp3) is 0.800. The molecule has 8 nitrogen and oxygen atoms in total. The van der Waals surface area contributed by atoms with Crippen molar-refractivity contribution in [2.75, 3.05) is 0 Å². The number of esters is 1. The molecule has 10 atom stereocenters. The van der Waals surface area contributed by atoms with Gasteiger partial charge in [-0.05, 0) is 32.6 Å². The Morgan fingerprint density at radius 2 is 1.75 bits per heavy atom. The number of ketones is 1. The van der Waals surface area contributed by atoms with Gasteiger partial charge in [0.1, 0.15) is 16.9 Å². The largest absolute Gasteiger partial charge is 0.511 e. The highest BCUT2D eigenvalue weighted by molar-refractivity contribution is 6.01. The molecule has 0 radical (unpaired) electrons. The molecule has 3 aliphatic heterocycles. The van der Waals surface area contributed by atoms with Gasteiger partial charge in [0, 0.05) is 5.92 Å². The van der Waals surface area contributed by atoms with Crippen molar-refractivity contribution in [2.24, 2.45) is 23.7 Å². The molecule has 6 rings (SSSR count). The van der Waals surface area contributed by atoms with Crippen molar-refractivity contribution in [3.8, 4) is 0 Å². The molecule has 6 aliphatic rings. The zero-order valence-corrected chi connectivity index (χ0v) is 16.3. The summed E-state index contributed by atoms with van der Waals surface area (Å²) >= 11 is 0. The van der Waals surface area contributed by atoms with Gasteiger partial charge in [-0.25, -0.2) is 4.79 Å². The first-order valence-electron chi connectivity index (χ1n) is 9.85. The van der Waals surface area contributed by atoms with Crippen LogP contribution in [0.1, 0.15) is 40.5 Å². The average Bonchev–Trinajstić information content (AvgIpc) is 2.89. The van der Waals surface area contributed by atoms with E-state index in [-0.39, 0.29) is 30.1 Å². The number of aliphatic hydroxyl groups is 4. The molecule has 2 spiro atoms. The van der Waals surface area contributed by atoms with Crippen LogP contribution in [0.5, 0.6) is 0 Å². The first kappa shape index (κ1) is 18.5. The van der Waals surface area contributed by atoms with Crippen LogP contribution in [0.2, 0.25) is 0 Å². The first-order valence-corrected chi connectivity index (χ1v) is 9.85. The van der Waals surface area contributed by atoms with Crippen LogP contribution in [-0.2, 0) is 19.1 Å². The van der Waals surface area contributed by atoms with Gasteiger partial charge in [0.05, 0.1) is 29.6 Å². The van der Waals surface area contributed by atoms with E-state index in [1.807, 2.05) is 6.92 Å². The van der Waals surface area contributed by atoms with Gasteiger partial charge in [0.2, 0.25) is 0 Å². The number of carbonyl (C=O) groups is 2. The minimum atomic E-state index is -1.84. The summed E-state index contributed by atoms with van der Waals surface area (Å²) in [6.45, 7) is 6.52. The number of aliphatic hydroxyl groups excluding tert-OH is 3. The topological polar surface area (TPSA) is 134 Å². The van der Waals surface area contributed by atoms with E-state index in [0.29, 0.717) is 0 Å². The number of carbonyl (C=O) groups excluding carboxylic acids is 2. The highest BCUT2D eigenvalue weighted by Crippen LogP contribution is 2.73. The molecule has 2 saturated carbocycles. The number of hydrogen-bond acceptors (Lipinski definition) is 8. The number of hydrogen-bond donors (Lipinski definition) is 4. The predicted octanol–water partition coefficient (Wildman–Crippen LogP) is -0.0107. The molecule has 0 aromatic heterocycles. The molecule has 4 bridgehead atoms. The fourth-order valence-electron chi connectivity index (χ4n) is 6.91. The summed E-state index contributed by atoms with van der Waals surface area (Å²) in [5, 5.41) is 44.1. The molecule has 3 aliphatic carbocycles. The van der Waals surface area contributed by atoms with Crippen LogP contribution in [0, 0.1) is 23.7 Å². The summed E-state index contributed by atoms with van der Waals surface area (Å²) in [6.07, 6.45) is -2.38. The lowest BCUT2D eigenvalue weighted by Crippen LogP contribution is -2.76. The SMILES string of the molecule is CC1CC(C)(O)C(=O)C2C(O)C3C(O)C4(C)OC25C(=C1O)C(=O)OC35CC4C. The molecular weight excluding hydrogens is 368 g/mol. The van der Waals surface area contributed by atoms with Crippen LogP contribution in [0.25, 0.3) is 0 Å². The van der Waals surface area contributed by atoms with E-state index in [1.54, 1.807) is 13.8 Å². The van der Waals surface area contributed by atoms with Gasteiger partial charge in [0.15, 0.2) is 17.0 Å². The molecular formula is C20H26O8. The molecule has 5 fully saturated rings. The van der Waals surface area contributed by atoms with Crippen LogP contribution in [0.4, 0.5) is 0 Å². The predicted molar refractivity (Wildman–Crippen MR) is 92.9 cm³/mol. The van der Waals surface area contributed by atoms with Crippen molar-refractivity contribution in [1.82, 2.24) is 0 Å². The fourth-order valence-corrected chi connectivity index (χ4v) is 6.91. The van der Waals surface area contributed by atoms with Gasteiger partial charge in [-0.15, -0.1) is 0 Å². The molecule has 0 amide bonds. The van der Waals surface area contributed by atoms with Crippen molar-refractivity contribution in [3.63, 3.8) is 0 Å². The van der Waals surface area contributed by atoms with Crippen LogP contribution in [-0.4, -0.2) is 66.8 Å². The van der Waals surface area contributed by atoms with Gasteiger partial charge in [-0.1, -0.05) is 13.8 Å². The smallest absolute Gasteiger partial charge is 0.341 e. The van der Waals surface area contributed by atoms with E-state index in [9.17, 15) is 30.0 Å². The van der Waals surface area contributed by atoms with E-state index in [1.165, 1.54) is 6.92 Å². The standard InChI is InChI=1S/C20H26O8/c1-7-5-17(3,26)14(23)10-13(22)9-15(24)18(4)8(2)6-19(9)20(10,28-18)11(12(7)21)16(25)27-19/h7-10,13,15,21-22,24,26H,5-6H2,1-4H3. The minimum absolute atomic E-state index is 0.109. The van der Waals surface area contributed by atoms with Gasteiger partial charge in [0.25, 0.3) is 0 Å². The maximum atomic E-state index is 13.4. The van der Waals surface area contributed by atoms with Crippen LogP contribution < -0.4 is 0 Å². The average molecular weight is 394 g/mol. The summed E-state index contributed by atoms with van der Waals surface area (Å²) in [5.74, 6) is -4.92.